The normalized spacial score (nSPS) is 16.8. The van der Waals surface area contributed by atoms with Crippen molar-refractivity contribution in [2.24, 2.45) is 5.73 Å². The number of rotatable bonds is 6. The fraction of sp³-hybridized carbons (Fsp3) is 0.368. The Morgan fingerprint density at radius 2 is 2.00 bits per heavy atom. The number of sulfone groups is 1. The number of ether oxygens (including phenoxy) is 1. The van der Waals surface area contributed by atoms with Gasteiger partial charge in [0, 0.05) is 17.7 Å². The Labute approximate surface area is 163 Å². The monoisotopic (exact) mass is 404 g/mol. The van der Waals surface area contributed by atoms with E-state index in [0.717, 1.165) is 12.0 Å². The summed E-state index contributed by atoms with van der Waals surface area (Å²) >= 11 is 0. The molecule has 1 heterocycles. The van der Waals surface area contributed by atoms with E-state index < -0.39 is 38.9 Å². The van der Waals surface area contributed by atoms with Gasteiger partial charge in [-0.15, -0.1) is 0 Å². The van der Waals surface area contributed by atoms with Crippen LogP contribution in [0.15, 0.2) is 24.3 Å². The van der Waals surface area contributed by atoms with E-state index in [1.807, 2.05) is 0 Å². The molecule has 8 nitrogen and oxygen atoms in total. The van der Waals surface area contributed by atoms with Crippen molar-refractivity contribution in [2.75, 3.05) is 30.1 Å². The van der Waals surface area contributed by atoms with Crippen molar-refractivity contribution < 1.29 is 27.9 Å². The second-order valence-electron chi connectivity index (χ2n) is 6.28. The number of aliphatic hydroxyl groups is 1. The maximum Gasteiger partial charge on any atom is 0.330 e. The van der Waals surface area contributed by atoms with Gasteiger partial charge in [0.2, 0.25) is 6.41 Å². The number of anilines is 1. The Bertz CT molecular complexity index is 952. The number of amides is 1. The number of carbonyl (C=O) groups excluding carboxylic acids is 2. The van der Waals surface area contributed by atoms with Gasteiger partial charge in [-0.25, -0.2) is 13.2 Å². The Kier molecular flexibility index (Phi) is 6.81. The summed E-state index contributed by atoms with van der Waals surface area (Å²) in [5, 5.41) is 8.64. The summed E-state index contributed by atoms with van der Waals surface area (Å²) in [5.74, 6) is 9.08. The van der Waals surface area contributed by atoms with E-state index in [1.54, 1.807) is 24.3 Å². The van der Waals surface area contributed by atoms with Crippen LogP contribution in [0, 0.1) is 23.7 Å². The third-order valence-corrected chi connectivity index (χ3v) is 6.05. The van der Waals surface area contributed by atoms with Crippen molar-refractivity contribution in [3.05, 3.63) is 29.8 Å². The van der Waals surface area contributed by atoms with Crippen molar-refractivity contribution in [1.29, 1.82) is 0 Å². The second kappa shape index (κ2) is 8.89. The van der Waals surface area contributed by atoms with Crippen LogP contribution in [-0.2, 0) is 24.2 Å². The predicted octanol–water partition coefficient (Wildman–Crippen LogP) is -0.946. The zero-order chi connectivity index (χ0) is 20.8. The van der Waals surface area contributed by atoms with Crippen molar-refractivity contribution in [1.82, 2.24) is 0 Å². The lowest BCUT2D eigenvalue weighted by Gasteiger charge is -2.45. The molecule has 0 radical (unpaired) electrons. The lowest BCUT2D eigenvalue weighted by atomic mass is 9.92. The van der Waals surface area contributed by atoms with E-state index >= 15 is 0 Å². The summed E-state index contributed by atoms with van der Waals surface area (Å²) in [6, 6.07) is 5.10. The maximum atomic E-state index is 12.3. The minimum Gasteiger partial charge on any atom is -0.467 e. The second-order valence-corrected chi connectivity index (χ2v) is 8.34. The molecule has 1 aliphatic rings. The molecule has 148 valence electrons. The summed E-state index contributed by atoms with van der Waals surface area (Å²) in [4.78, 5) is 25.1. The van der Waals surface area contributed by atoms with Gasteiger partial charge in [-0.3, -0.25) is 9.69 Å². The van der Waals surface area contributed by atoms with Crippen LogP contribution in [0.25, 0.3) is 0 Å². The standard InChI is InChI=1S/C19H20N2O6S/c1-27-18(24)17(19(20)12-28(25,26)13-19)21(14-23)16-9-7-15(8-10-16)6-4-2-3-5-11-22/h7-10,14,17,22H,5,11-13,20H2,1H3. The van der Waals surface area contributed by atoms with Crippen molar-refractivity contribution in [3.63, 3.8) is 0 Å². The number of hydrogen-bond donors (Lipinski definition) is 2. The number of benzene rings is 1. The summed E-state index contributed by atoms with van der Waals surface area (Å²) in [6.07, 6.45) is 0.759. The topological polar surface area (TPSA) is 127 Å². The van der Waals surface area contributed by atoms with Crippen molar-refractivity contribution in [3.8, 4) is 23.7 Å². The Hall–Kier alpha value is -2.85. The molecule has 0 saturated carbocycles. The molecule has 1 aliphatic heterocycles. The number of nitrogens with two attached hydrogens (primary N) is 1. The molecule has 1 fully saturated rings. The van der Waals surface area contributed by atoms with Gasteiger partial charge >= 0.3 is 5.97 Å². The smallest absolute Gasteiger partial charge is 0.330 e. The fourth-order valence-electron chi connectivity index (χ4n) is 2.93. The molecule has 2 rings (SSSR count). The molecular weight excluding hydrogens is 384 g/mol. The molecule has 9 heteroatoms. The van der Waals surface area contributed by atoms with Crippen LogP contribution >= 0.6 is 0 Å². The summed E-state index contributed by atoms with van der Waals surface area (Å²) in [5.41, 5.74) is 5.66. The Morgan fingerprint density at radius 1 is 1.36 bits per heavy atom. The number of aliphatic hydroxyl groups excluding tert-OH is 1. The number of nitrogens with zero attached hydrogens (tertiary/aromatic N) is 1. The lowest BCUT2D eigenvalue weighted by molar-refractivity contribution is -0.144. The molecule has 0 spiro atoms. The number of hydrogen-bond acceptors (Lipinski definition) is 7. The minimum absolute atomic E-state index is 0.0315. The van der Waals surface area contributed by atoms with Gasteiger partial charge < -0.3 is 15.6 Å². The molecule has 1 aromatic carbocycles. The molecule has 1 saturated heterocycles. The van der Waals surface area contributed by atoms with E-state index in [-0.39, 0.29) is 6.61 Å². The van der Waals surface area contributed by atoms with Gasteiger partial charge in [-0.1, -0.05) is 11.8 Å². The minimum atomic E-state index is -3.35. The van der Waals surface area contributed by atoms with Gasteiger partial charge in [-0.2, -0.15) is 0 Å². The van der Waals surface area contributed by atoms with Crippen molar-refractivity contribution in [2.45, 2.75) is 18.0 Å². The molecule has 1 atom stereocenters. The van der Waals surface area contributed by atoms with Crippen LogP contribution < -0.4 is 10.6 Å². The van der Waals surface area contributed by atoms with E-state index in [1.165, 1.54) is 0 Å². The van der Waals surface area contributed by atoms with Crippen LogP contribution in [0.5, 0.6) is 0 Å². The molecular formula is C19H20N2O6S. The molecule has 1 aromatic rings. The summed E-state index contributed by atoms with van der Waals surface area (Å²) in [7, 11) is -2.20. The molecule has 1 amide bonds. The first-order chi connectivity index (χ1) is 13.3. The largest absolute Gasteiger partial charge is 0.467 e. The third kappa shape index (κ3) is 4.90. The van der Waals surface area contributed by atoms with E-state index in [9.17, 15) is 18.0 Å². The molecule has 3 N–H and O–H groups in total. The molecule has 0 aromatic heterocycles. The predicted molar refractivity (Wildman–Crippen MR) is 103 cm³/mol. The average molecular weight is 404 g/mol. The molecule has 28 heavy (non-hydrogen) atoms. The Morgan fingerprint density at radius 3 is 2.50 bits per heavy atom. The molecule has 1 unspecified atom stereocenters. The molecule has 0 bridgehead atoms. The van der Waals surface area contributed by atoms with Gasteiger partial charge in [0.15, 0.2) is 15.9 Å². The van der Waals surface area contributed by atoms with E-state index in [0.29, 0.717) is 24.1 Å². The first kappa shape index (κ1) is 21.5. The quantitative estimate of drug-likeness (QED) is 0.356. The third-order valence-electron chi connectivity index (χ3n) is 4.10. The van der Waals surface area contributed by atoms with Crippen LogP contribution in [0.1, 0.15) is 12.0 Å². The summed E-state index contributed by atoms with van der Waals surface area (Å²) in [6.45, 7) is -0.0315. The van der Waals surface area contributed by atoms with Gasteiger partial charge in [0.05, 0.1) is 30.8 Å². The zero-order valence-corrected chi connectivity index (χ0v) is 16.0. The number of carbonyl (C=O) groups is 2. The first-order valence-electron chi connectivity index (χ1n) is 8.27. The highest BCUT2D eigenvalue weighted by Crippen LogP contribution is 2.31. The van der Waals surface area contributed by atoms with E-state index in [2.05, 4.69) is 23.7 Å². The fourth-order valence-corrected chi connectivity index (χ4v) is 4.79. The van der Waals surface area contributed by atoms with Gasteiger partial charge in [-0.05, 0) is 36.1 Å². The number of methoxy groups -OCH3 is 1. The maximum absolute atomic E-state index is 12.3. The van der Waals surface area contributed by atoms with Crippen LogP contribution in [0.4, 0.5) is 5.69 Å². The van der Waals surface area contributed by atoms with Crippen LogP contribution in [0.2, 0.25) is 0 Å². The van der Waals surface area contributed by atoms with Gasteiger partial charge in [0.1, 0.15) is 0 Å². The van der Waals surface area contributed by atoms with Crippen molar-refractivity contribution >= 4 is 27.9 Å². The number of esters is 1. The van der Waals surface area contributed by atoms with Crippen LogP contribution in [0.3, 0.4) is 0 Å². The highest BCUT2D eigenvalue weighted by molar-refractivity contribution is 7.93. The molecule has 0 aliphatic carbocycles. The highest BCUT2D eigenvalue weighted by Gasteiger charge is 2.56. The lowest BCUT2D eigenvalue weighted by Crippen LogP contribution is -2.74. The SMILES string of the molecule is COC(=O)C(N(C=O)c1ccc(C#CC#CCCO)cc1)C1(N)CS(=O)(=O)C1. The van der Waals surface area contributed by atoms with Crippen LogP contribution in [-0.4, -0.2) is 62.7 Å². The highest BCUT2D eigenvalue weighted by atomic mass is 32.2. The Balaban J connectivity index is 2.28. The van der Waals surface area contributed by atoms with E-state index in [4.69, 9.17) is 15.6 Å². The zero-order valence-electron chi connectivity index (χ0n) is 15.2. The summed E-state index contributed by atoms with van der Waals surface area (Å²) < 4.78 is 27.9. The average Bonchev–Trinajstić information content (AvgIpc) is 2.64. The first-order valence-corrected chi connectivity index (χ1v) is 10.1. The van der Waals surface area contributed by atoms with Gasteiger partial charge in [0.25, 0.3) is 0 Å².